The molecule has 3 nitrogen and oxygen atoms in total. The number of aryl methyl sites for hydroxylation is 1. The van der Waals surface area contributed by atoms with Crippen molar-refractivity contribution in [3.8, 4) is 11.5 Å². The minimum absolute atomic E-state index is 0.0179. The van der Waals surface area contributed by atoms with Gasteiger partial charge in [0.05, 0.1) is 9.37 Å². The summed E-state index contributed by atoms with van der Waals surface area (Å²) >= 11 is 6.66. The summed E-state index contributed by atoms with van der Waals surface area (Å²) in [7, 11) is 1.54. The van der Waals surface area contributed by atoms with Gasteiger partial charge >= 0.3 is 0 Å². The number of ether oxygens (including phenoxy) is 1. The lowest BCUT2D eigenvalue weighted by atomic mass is 10.2. The highest BCUT2D eigenvalue weighted by atomic mass is 79.9. The van der Waals surface area contributed by atoms with Crippen molar-refractivity contribution in [1.82, 2.24) is 0 Å². The fourth-order valence-electron chi connectivity index (χ4n) is 1.52. The van der Waals surface area contributed by atoms with Gasteiger partial charge in [0.25, 0.3) is 9.05 Å². The summed E-state index contributed by atoms with van der Waals surface area (Å²) in [5, 5.41) is 0. The van der Waals surface area contributed by atoms with E-state index < -0.39 is 9.05 Å². The Labute approximate surface area is 138 Å². The topological polar surface area (TPSA) is 43.4 Å². The summed E-state index contributed by atoms with van der Waals surface area (Å²) in [4.78, 5) is 0.0179. The molecule has 0 heterocycles. The number of benzene rings is 2. The molecule has 0 spiro atoms. The molecular weight excluding hydrogens is 431 g/mol. The molecule has 20 heavy (non-hydrogen) atoms. The molecule has 0 atom stereocenters. The summed E-state index contributed by atoms with van der Waals surface area (Å²) in [6, 6.07) is 10.0. The highest BCUT2D eigenvalue weighted by molar-refractivity contribution is 9.10. The monoisotopic (exact) mass is 438 g/mol. The van der Waals surface area contributed by atoms with Crippen LogP contribution in [0.25, 0.3) is 0 Å². The van der Waals surface area contributed by atoms with Gasteiger partial charge in [-0.25, -0.2) is 8.42 Å². The van der Waals surface area contributed by atoms with Gasteiger partial charge in [-0.2, -0.15) is 0 Å². The van der Waals surface area contributed by atoms with Crippen LogP contribution in [-0.4, -0.2) is 8.42 Å². The van der Waals surface area contributed by atoms with Crippen molar-refractivity contribution in [2.24, 2.45) is 0 Å². The lowest BCUT2D eigenvalue weighted by molar-refractivity contribution is 0.475. The van der Waals surface area contributed by atoms with E-state index in [2.05, 4.69) is 31.9 Å². The minimum atomic E-state index is -3.75. The second-order valence-electron chi connectivity index (χ2n) is 4.04. The molecule has 0 aromatic heterocycles. The van der Waals surface area contributed by atoms with Crippen LogP contribution in [0.15, 0.2) is 50.2 Å². The van der Waals surface area contributed by atoms with Crippen LogP contribution in [0.4, 0.5) is 0 Å². The van der Waals surface area contributed by atoms with Crippen molar-refractivity contribution in [2.45, 2.75) is 11.8 Å². The molecule has 0 aliphatic carbocycles. The predicted octanol–water partition coefficient (Wildman–Crippen LogP) is 5.24. The van der Waals surface area contributed by atoms with Gasteiger partial charge in [0.1, 0.15) is 11.5 Å². The fourth-order valence-corrected chi connectivity index (χ4v) is 3.25. The SMILES string of the molecule is Cc1ccc(Br)cc1Oc1ccc(S(=O)(=O)Cl)cc1Br. The van der Waals surface area contributed by atoms with Gasteiger partial charge in [-0.1, -0.05) is 22.0 Å². The normalized spacial score (nSPS) is 11.4. The van der Waals surface area contributed by atoms with Crippen molar-refractivity contribution in [3.05, 3.63) is 50.9 Å². The average molecular weight is 441 g/mol. The molecule has 0 radical (unpaired) electrons. The maximum absolute atomic E-state index is 11.3. The van der Waals surface area contributed by atoms with Gasteiger partial charge in [-0.15, -0.1) is 0 Å². The first-order chi connectivity index (χ1) is 9.27. The summed E-state index contributed by atoms with van der Waals surface area (Å²) in [5.74, 6) is 1.19. The van der Waals surface area contributed by atoms with Crippen molar-refractivity contribution in [3.63, 3.8) is 0 Å². The molecule has 0 N–H and O–H groups in total. The van der Waals surface area contributed by atoms with Gasteiger partial charge in [0, 0.05) is 15.2 Å². The molecule has 2 aromatic carbocycles. The van der Waals surface area contributed by atoms with Gasteiger partial charge in [-0.05, 0) is 58.7 Å². The van der Waals surface area contributed by atoms with E-state index in [0.29, 0.717) is 16.0 Å². The molecule has 7 heteroatoms. The number of hydrogen-bond donors (Lipinski definition) is 0. The Morgan fingerprint density at radius 3 is 2.35 bits per heavy atom. The molecule has 0 unspecified atom stereocenters. The molecule has 0 aliphatic rings. The molecule has 2 aromatic rings. The maximum Gasteiger partial charge on any atom is 0.261 e. The predicted molar refractivity (Wildman–Crippen MR) is 86.1 cm³/mol. The quantitative estimate of drug-likeness (QED) is 0.613. The Bertz CT molecular complexity index is 760. The van der Waals surface area contributed by atoms with Crippen LogP contribution in [0.5, 0.6) is 11.5 Å². The van der Waals surface area contributed by atoms with Gasteiger partial charge in [0.15, 0.2) is 0 Å². The van der Waals surface area contributed by atoms with Crippen LogP contribution in [-0.2, 0) is 9.05 Å². The molecule has 0 amide bonds. The lowest BCUT2D eigenvalue weighted by Gasteiger charge is -2.11. The van der Waals surface area contributed by atoms with E-state index in [1.807, 2.05) is 25.1 Å². The summed E-state index contributed by atoms with van der Waals surface area (Å²) < 4.78 is 29.7. The highest BCUT2D eigenvalue weighted by Crippen LogP contribution is 2.34. The molecule has 0 bridgehead atoms. The first-order valence-electron chi connectivity index (χ1n) is 5.45. The third kappa shape index (κ3) is 3.75. The Morgan fingerprint density at radius 2 is 1.75 bits per heavy atom. The van der Waals surface area contributed by atoms with Crippen LogP contribution in [0.3, 0.4) is 0 Å². The van der Waals surface area contributed by atoms with Gasteiger partial charge < -0.3 is 4.74 Å². The lowest BCUT2D eigenvalue weighted by Crippen LogP contribution is -1.93. The Kier molecular flexibility index (Phi) is 4.79. The summed E-state index contributed by atoms with van der Waals surface area (Å²) in [6.45, 7) is 1.92. The maximum atomic E-state index is 11.3. The van der Waals surface area contributed by atoms with E-state index in [4.69, 9.17) is 15.4 Å². The van der Waals surface area contributed by atoms with Gasteiger partial charge in [0.2, 0.25) is 0 Å². The summed E-state index contributed by atoms with van der Waals surface area (Å²) in [6.07, 6.45) is 0. The van der Waals surface area contributed by atoms with E-state index in [0.717, 1.165) is 10.0 Å². The highest BCUT2D eigenvalue weighted by Gasteiger charge is 2.13. The van der Waals surface area contributed by atoms with Crippen molar-refractivity contribution >= 4 is 51.6 Å². The molecule has 0 fully saturated rings. The molecule has 2 rings (SSSR count). The standard InChI is InChI=1S/C13H9Br2ClO3S/c1-8-2-3-9(14)6-13(8)19-12-5-4-10(7-11(12)15)20(16,17)18/h2-7H,1H3. The van der Waals surface area contributed by atoms with Crippen LogP contribution in [0.1, 0.15) is 5.56 Å². The molecular formula is C13H9Br2ClO3S. The van der Waals surface area contributed by atoms with Crippen LogP contribution in [0, 0.1) is 6.92 Å². The number of hydrogen-bond acceptors (Lipinski definition) is 3. The summed E-state index contributed by atoms with van der Waals surface area (Å²) in [5.41, 5.74) is 0.967. The zero-order chi connectivity index (χ0) is 14.9. The van der Waals surface area contributed by atoms with Gasteiger partial charge in [-0.3, -0.25) is 0 Å². The Balaban J connectivity index is 2.38. The average Bonchev–Trinajstić information content (AvgIpc) is 2.35. The molecule has 106 valence electrons. The third-order valence-electron chi connectivity index (χ3n) is 2.55. The minimum Gasteiger partial charge on any atom is -0.456 e. The Hall–Kier alpha value is -0.560. The van der Waals surface area contributed by atoms with Crippen LogP contribution in [0.2, 0.25) is 0 Å². The third-order valence-corrected chi connectivity index (χ3v) is 5.02. The zero-order valence-corrected chi connectivity index (χ0v) is 15.0. The van der Waals surface area contributed by atoms with Crippen molar-refractivity contribution in [2.75, 3.05) is 0 Å². The smallest absolute Gasteiger partial charge is 0.261 e. The van der Waals surface area contributed by atoms with E-state index in [1.54, 1.807) is 6.07 Å². The second kappa shape index (κ2) is 6.05. The number of halogens is 3. The fraction of sp³-hybridized carbons (Fsp3) is 0.0769. The van der Waals surface area contributed by atoms with Crippen LogP contribution < -0.4 is 4.74 Å². The number of rotatable bonds is 3. The van der Waals surface area contributed by atoms with E-state index in [9.17, 15) is 8.42 Å². The van der Waals surface area contributed by atoms with Crippen molar-refractivity contribution < 1.29 is 13.2 Å². The van der Waals surface area contributed by atoms with E-state index in [1.165, 1.54) is 12.1 Å². The molecule has 0 aliphatic heterocycles. The zero-order valence-electron chi connectivity index (χ0n) is 10.2. The van der Waals surface area contributed by atoms with Crippen LogP contribution >= 0.6 is 42.5 Å². The molecule has 0 saturated heterocycles. The van der Waals surface area contributed by atoms with E-state index in [-0.39, 0.29) is 4.90 Å². The first kappa shape index (κ1) is 15.8. The largest absolute Gasteiger partial charge is 0.456 e. The van der Waals surface area contributed by atoms with E-state index >= 15 is 0 Å². The Morgan fingerprint density at radius 1 is 1.05 bits per heavy atom. The van der Waals surface area contributed by atoms with Crippen molar-refractivity contribution in [1.29, 1.82) is 0 Å². The second-order valence-corrected chi connectivity index (χ2v) is 8.38. The first-order valence-corrected chi connectivity index (χ1v) is 9.35. The molecule has 0 saturated carbocycles.